The first-order chi connectivity index (χ1) is 8.94. The van der Waals surface area contributed by atoms with E-state index in [0.29, 0.717) is 13.1 Å². The number of hydrogen-bond acceptors (Lipinski definition) is 3. The average Bonchev–Trinajstić information content (AvgIpc) is 2.37. The minimum atomic E-state index is -0.154. The third kappa shape index (κ3) is 6.89. The average molecular weight is 300 g/mol. The molecule has 1 amide bonds. The SMILES string of the molecule is CNCC(=O)NCC(C)(C)NC(C)c1ccccc1.Cl. The molecule has 4 nitrogen and oxygen atoms in total. The molecule has 0 heterocycles. The Morgan fingerprint density at radius 2 is 1.85 bits per heavy atom. The summed E-state index contributed by atoms with van der Waals surface area (Å²) in [4.78, 5) is 11.4. The molecule has 0 aromatic heterocycles. The lowest BCUT2D eigenvalue weighted by Gasteiger charge is -2.30. The van der Waals surface area contributed by atoms with Crippen LogP contribution in [-0.4, -0.2) is 31.6 Å². The number of carbonyl (C=O) groups is 1. The molecule has 0 radical (unpaired) electrons. The van der Waals surface area contributed by atoms with Gasteiger partial charge in [-0.15, -0.1) is 12.4 Å². The topological polar surface area (TPSA) is 53.2 Å². The van der Waals surface area contributed by atoms with Crippen molar-refractivity contribution in [3.8, 4) is 0 Å². The van der Waals surface area contributed by atoms with Crippen molar-refractivity contribution in [1.29, 1.82) is 0 Å². The van der Waals surface area contributed by atoms with Crippen molar-refractivity contribution >= 4 is 18.3 Å². The van der Waals surface area contributed by atoms with E-state index in [0.717, 1.165) is 0 Å². The normalized spacial score (nSPS) is 12.4. The molecule has 0 bridgehead atoms. The van der Waals surface area contributed by atoms with Gasteiger partial charge in [0, 0.05) is 18.1 Å². The smallest absolute Gasteiger partial charge is 0.234 e. The maximum Gasteiger partial charge on any atom is 0.234 e. The van der Waals surface area contributed by atoms with Gasteiger partial charge in [0.1, 0.15) is 0 Å². The Hall–Kier alpha value is -1.10. The molecule has 3 N–H and O–H groups in total. The summed E-state index contributed by atoms with van der Waals surface area (Å²) in [7, 11) is 1.76. The molecule has 1 unspecified atom stereocenters. The molecule has 114 valence electrons. The minimum absolute atomic E-state index is 0. The van der Waals surface area contributed by atoms with Gasteiger partial charge in [0.25, 0.3) is 0 Å². The van der Waals surface area contributed by atoms with Gasteiger partial charge in [-0.2, -0.15) is 0 Å². The van der Waals surface area contributed by atoms with Crippen LogP contribution in [0.15, 0.2) is 30.3 Å². The van der Waals surface area contributed by atoms with Crippen LogP contribution in [0.3, 0.4) is 0 Å². The van der Waals surface area contributed by atoms with Gasteiger partial charge in [-0.05, 0) is 33.4 Å². The van der Waals surface area contributed by atoms with Crippen LogP contribution in [0, 0.1) is 0 Å². The summed E-state index contributed by atoms with van der Waals surface area (Å²) in [6, 6.07) is 10.5. The Morgan fingerprint density at radius 3 is 2.40 bits per heavy atom. The molecular weight excluding hydrogens is 274 g/mol. The molecule has 0 fully saturated rings. The molecule has 1 rings (SSSR count). The van der Waals surface area contributed by atoms with E-state index < -0.39 is 0 Å². The van der Waals surface area contributed by atoms with Crippen molar-refractivity contribution in [1.82, 2.24) is 16.0 Å². The number of benzene rings is 1. The second-order valence-electron chi connectivity index (χ2n) is 5.47. The zero-order chi connectivity index (χ0) is 14.3. The van der Waals surface area contributed by atoms with Gasteiger partial charge in [0.05, 0.1) is 6.54 Å². The standard InChI is InChI=1S/C15H25N3O.ClH/c1-12(13-8-6-5-7-9-13)18-15(2,3)11-17-14(19)10-16-4;/h5-9,12,16,18H,10-11H2,1-4H3,(H,17,19);1H. The molecule has 0 aliphatic carbocycles. The zero-order valence-corrected chi connectivity index (χ0v) is 13.5. The lowest BCUT2D eigenvalue weighted by molar-refractivity contribution is -0.120. The third-order valence-electron chi connectivity index (χ3n) is 2.97. The highest BCUT2D eigenvalue weighted by Crippen LogP contribution is 2.15. The fraction of sp³-hybridized carbons (Fsp3) is 0.533. The van der Waals surface area contributed by atoms with Crippen molar-refractivity contribution in [2.75, 3.05) is 20.1 Å². The van der Waals surface area contributed by atoms with Gasteiger partial charge in [0.2, 0.25) is 5.91 Å². The van der Waals surface area contributed by atoms with E-state index in [1.807, 2.05) is 18.2 Å². The minimum Gasteiger partial charge on any atom is -0.353 e. The summed E-state index contributed by atoms with van der Waals surface area (Å²) in [5.41, 5.74) is 1.09. The Morgan fingerprint density at radius 1 is 1.25 bits per heavy atom. The highest BCUT2D eigenvalue weighted by atomic mass is 35.5. The van der Waals surface area contributed by atoms with Crippen molar-refractivity contribution in [3.05, 3.63) is 35.9 Å². The van der Waals surface area contributed by atoms with Crippen LogP contribution in [0.25, 0.3) is 0 Å². The first kappa shape index (κ1) is 18.9. The number of halogens is 1. The highest BCUT2D eigenvalue weighted by Gasteiger charge is 2.21. The van der Waals surface area contributed by atoms with Gasteiger partial charge in [0.15, 0.2) is 0 Å². The first-order valence-corrected chi connectivity index (χ1v) is 6.68. The van der Waals surface area contributed by atoms with Crippen molar-refractivity contribution in [3.63, 3.8) is 0 Å². The largest absolute Gasteiger partial charge is 0.353 e. The van der Waals surface area contributed by atoms with E-state index in [1.54, 1.807) is 7.05 Å². The van der Waals surface area contributed by atoms with Gasteiger partial charge in [-0.3, -0.25) is 4.79 Å². The predicted octanol–water partition coefficient (Wildman–Crippen LogP) is 1.87. The van der Waals surface area contributed by atoms with Gasteiger partial charge >= 0.3 is 0 Å². The lowest BCUT2D eigenvalue weighted by atomic mass is 10.0. The Bertz CT molecular complexity index is 395. The molecule has 0 saturated heterocycles. The van der Waals surface area contributed by atoms with E-state index in [4.69, 9.17) is 0 Å². The van der Waals surface area contributed by atoms with E-state index in [2.05, 4.69) is 48.9 Å². The maximum absolute atomic E-state index is 11.4. The summed E-state index contributed by atoms with van der Waals surface area (Å²) < 4.78 is 0. The fourth-order valence-corrected chi connectivity index (χ4v) is 2.00. The molecule has 1 aromatic carbocycles. The molecule has 0 aliphatic heterocycles. The van der Waals surface area contributed by atoms with Crippen LogP contribution >= 0.6 is 12.4 Å². The Kier molecular flexibility index (Phi) is 8.46. The fourth-order valence-electron chi connectivity index (χ4n) is 2.00. The second kappa shape index (κ2) is 8.95. The highest BCUT2D eigenvalue weighted by molar-refractivity contribution is 5.85. The third-order valence-corrected chi connectivity index (χ3v) is 2.97. The van der Waals surface area contributed by atoms with Crippen LogP contribution in [0.5, 0.6) is 0 Å². The Balaban J connectivity index is 0.00000361. The van der Waals surface area contributed by atoms with E-state index in [9.17, 15) is 4.79 Å². The van der Waals surface area contributed by atoms with Gasteiger partial charge < -0.3 is 16.0 Å². The number of likely N-dealkylation sites (N-methyl/N-ethyl adjacent to an activating group) is 1. The summed E-state index contributed by atoms with van der Waals surface area (Å²) >= 11 is 0. The van der Waals surface area contributed by atoms with Crippen molar-refractivity contribution in [2.24, 2.45) is 0 Å². The van der Waals surface area contributed by atoms with Crippen LogP contribution in [0.4, 0.5) is 0 Å². The van der Waals surface area contributed by atoms with Crippen molar-refractivity contribution < 1.29 is 4.79 Å². The number of nitrogens with one attached hydrogen (secondary N) is 3. The summed E-state index contributed by atoms with van der Waals surface area (Å²) in [6.07, 6.45) is 0. The molecule has 0 aliphatic rings. The van der Waals surface area contributed by atoms with E-state index in [1.165, 1.54) is 5.56 Å². The monoisotopic (exact) mass is 299 g/mol. The number of carbonyl (C=O) groups excluding carboxylic acids is 1. The Labute approximate surface area is 128 Å². The van der Waals surface area contributed by atoms with E-state index >= 15 is 0 Å². The van der Waals surface area contributed by atoms with Crippen molar-refractivity contribution in [2.45, 2.75) is 32.4 Å². The molecule has 1 aromatic rings. The quantitative estimate of drug-likeness (QED) is 0.720. The molecule has 0 saturated carbocycles. The molecule has 5 heteroatoms. The van der Waals surface area contributed by atoms with Crippen LogP contribution in [0.1, 0.15) is 32.4 Å². The number of rotatable bonds is 7. The molecule has 20 heavy (non-hydrogen) atoms. The summed E-state index contributed by atoms with van der Waals surface area (Å²) in [5, 5.41) is 9.29. The lowest BCUT2D eigenvalue weighted by Crippen LogP contribution is -2.50. The molecular formula is C15H26ClN3O. The summed E-state index contributed by atoms with van der Waals surface area (Å²) in [6.45, 7) is 7.26. The van der Waals surface area contributed by atoms with Crippen LogP contribution < -0.4 is 16.0 Å². The molecule has 1 atom stereocenters. The van der Waals surface area contributed by atoms with Gasteiger partial charge in [-0.25, -0.2) is 0 Å². The number of amides is 1. The number of hydrogen-bond donors (Lipinski definition) is 3. The van der Waals surface area contributed by atoms with Crippen LogP contribution in [0.2, 0.25) is 0 Å². The van der Waals surface area contributed by atoms with E-state index in [-0.39, 0.29) is 29.9 Å². The maximum atomic E-state index is 11.4. The second-order valence-corrected chi connectivity index (χ2v) is 5.47. The summed E-state index contributed by atoms with van der Waals surface area (Å²) in [5.74, 6) is 0.0183. The molecule has 0 spiro atoms. The van der Waals surface area contributed by atoms with Gasteiger partial charge in [-0.1, -0.05) is 30.3 Å². The predicted molar refractivity (Wildman–Crippen MR) is 86.3 cm³/mol. The first-order valence-electron chi connectivity index (χ1n) is 6.68. The zero-order valence-electron chi connectivity index (χ0n) is 12.7. The van der Waals surface area contributed by atoms with Crippen LogP contribution in [-0.2, 0) is 4.79 Å².